The van der Waals surface area contributed by atoms with Gasteiger partial charge in [-0.25, -0.2) is 0 Å². The average molecular weight is 301 g/mol. The van der Waals surface area contributed by atoms with Gasteiger partial charge in [0.2, 0.25) is 5.91 Å². The number of hydrogen-bond donors (Lipinski definition) is 0. The predicted molar refractivity (Wildman–Crippen MR) is 78.6 cm³/mol. The van der Waals surface area contributed by atoms with Crippen molar-refractivity contribution in [1.82, 2.24) is 9.80 Å². The van der Waals surface area contributed by atoms with Gasteiger partial charge in [-0.1, -0.05) is 29.3 Å². The standard InChI is InChI=1S/C14H18Cl2N2O/c1-17(2)14(19)13-7-4-8-18(13)9-10-11(15)5-3-6-12(10)16/h3,5-6,13H,4,7-9H2,1-2H3. The average Bonchev–Trinajstić information content (AvgIpc) is 2.81. The Labute approximate surface area is 124 Å². The van der Waals surface area contributed by atoms with E-state index in [1.807, 2.05) is 18.2 Å². The summed E-state index contributed by atoms with van der Waals surface area (Å²) in [7, 11) is 3.59. The molecule has 0 aromatic heterocycles. The summed E-state index contributed by atoms with van der Waals surface area (Å²) >= 11 is 12.4. The van der Waals surface area contributed by atoms with Gasteiger partial charge in [-0.3, -0.25) is 9.69 Å². The molecular weight excluding hydrogens is 283 g/mol. The molecule has 1 aromatic carbocycles. The Kier molecular flexibility index (Phi) is 4.71. The molecule has 0 N–H and O–H groups in total. The molecule has 1 aromatic rings. The van der Waals surface area contributed by atoms with Crippen molar-refractivity contribution in [2.75, 3.05) is 20.6 Å². The summed E-state index contributed by atoms with van der Waals surface area (Å²) in [6, 6.07) is 5.45. The number of carbonyl (C=O) groups is 1. The van der Waals surface area contributed by atoms with Gasteiger partial charge < -0.3 is 4.90 Å². The lowest BCUT2D eigenvalue weighted by Crippen LogP contribution is -2.42. The summed E-state index contributed by atoms with van der Waals surface area (Å²) in [4.78, 5) is 15.9. The number of nitrogens with zero attached hydrogens (tertiary/aromatic N) is 2. The van der Waals surface area contributed by atoms with Gasteiger partial charge in [0, 0.05) is 36.2 Å². The molecule has 1 fully saturated rings. The zero-order valence-corrected chi connectivity index (χ0v) is 12.7. The van der Waals surface area contributed by atoms with E-state index >= 15 is 0 Å². The largest absolute Gasteiger partial charge is 0.347 e. The van der Waals surface area contributed by atoms with Crippen LogP contribution in [0.15, 0.2) is 18.2 Å². The van der Waals surface area contributed by atoms with Crippen LogP contribution in [0.3, 0.4) is 0 Å². The Hall–Kier alpha value is -0.770. The van der Waals surface area contributed by atoms with Crippen LogP contribution in [0.5, 0.6) is 0 Å². The quantitative estimate of drug-likeness (QED) is 0.856. The third kappa shape index (κ3) is 3.22. The number of rotatable bonds is 3. The van der Waals surface area contributed by atoms with E-state index in [-0.39, 0.29) is 11.9 Å². The highest BCUT2D eigenvalue weighted by atomic mass is 35.5. The van der Waals surface area contributed by atoms with Crippen molar-refractivity contribution in [3.05, 3.63) is 33.8 Å². The van der Waals surface area contributed by atoms with E-state index in [0.29, 0.717) is 16.6 Å². The van der Waals surface area contributed by atoms with Crippen LogP contribution >= 0.6 is 23.2 Å². The van der Waals surface area contributed by atoms with Gasteiger partial charge in [0.05, 0.1) is 6.04 Å². The molecule has 1 unspecified atom stereocenters. The van der Waals surface area contributed by atoms with E-state index < -0.39 is 0 Å². The summed E-state index contributed by atoms with van der Waals surface area (Å²) < 4.78 is 0. The fourth-order valence-corrected chi connectivity index (χ4v) is 3.00. The second kappa shape index (κ2) is 6.12. The molecule has 0 saturated carbocycles. The van der Waals surface area contributed by atoms with E-state index in [2.05, 4.69) is 4.90 Å². The Morgan fingerprint density at radius 2 is 2.00 bits per heavy atom. The van der Waals surface area contributed by atoms with E-state index in [1.165, 1.54) is 0 Å². The highest BCUT2D eigenvalue weighted by Gasteiger charge is 2.32. The first-order valence-corrected chi connectivity index (χ1v) is 7.14. The van der Waals surface area contributed by atoms with E-state index in [0.717, 1.165) is 24.9 Å². The zero-order chi connectivity index (χ0) is 14.0. The second-order valence-corrected chi connectivity index (χ2v) is 5.88. The molecule has 1 amide bonds. The molecule has 2 rings (SSSR count). The van der Waals surface area contributed by atoms with E-state index in [4.69, 9.17) is 23.2 Å². The Morgan fingerprint density at radius 3 is 2.58 bits per heavy atom. The highest BCUT2D eigenvalue weighted by molar-refractivity contribution is 6.35. The van der Waals surface area contributed by atoms with Crippen LogP contribution in [-0.2, 0) is 11.3 Å². The van der Waals surface area contributed by atoms with Crippen molar-refractivity contribution in [3.8, 4) is 0 Å². The summed E-state index contributed by atoms with van der Waals surface area (Å²) in [5.74, 6) is 0.153. The van der Waals surface area contributed by atoms with E-state index in [9.17, 15) is 4.79 Å². The van der Waals surface area contributed by atoms with Gasteiger partial charge in [0.15, 0.2) is 0 Å². The minimum absolute atomic E-state index is 0.0534. The van der Waals surface area contributed by atoms with Crippen molar-refractivity contribution in [3.63, 3.8) is 0 Å². The maximum Gasteiger partial charge on any atom is 0.239 e. The van der Waals surface area contributed by atoms with Crippen molar-refractivity contribution in [2.45, 2.75) is 25.4 Å². The minimum atomic E-state index is -0.0534. The first-order chi connectivity index (χ1) is 9.00. The lowest BCUT2D eigenvalue weighted by molar-refractivity contribution is -0.133. The van der Waals surface area contributed by atoms with Crippen LogP contribution in [0, 0.1) is 0 Å². The second-order valence-electron chi connectivity index (χ2n) is 5.06. The van der Waals surface area contributed by atoms with E-state index in [1.54, 1.807) is 19.0 Å². The van der Waals surface area contributed by atoms with Gasteiger partial charge in [-0.05, 0) is 31.5 Å². The molecule has 19 heavy (non-hydrogen) atoms. The van der Waals surface area contributed by atoms with Crippen molar-refractivity contribution in [2.24, 2.45) is 0 Å². The Balaban J connectivity index is 2.16. The molecule has 5 heteroatoms. The number of benzene rings is 1. The van der Waals surface area contributed by atoms with Gasteiger partial charge in [-0.15, -0.1) is 0 Å². The van der Waals surface area contributed by atoms with Crippen LogP contribution in [0.25, 0.3) is 0 Å². The normalized spacial score (nSPS) is 19.7. The highest BCUT2D eigenvalue weighted by Crippen LogP contribution is 2.29. The number of amides is 1. The molecule has 1 heterocycles. The topological polar surface area (TPSA) is 23.6 Å². The summed E-state index contributed by atoms with van der Waals surface area (Å²) in [6.45, 7) is 1.54. The van der Waals surface area contributed by atoms with Crippen molar-refractivity contribution < 1.29 is 4.79 Å². The summed E-state index contributed by atoms with van der Waals surface area (Å²) in [6.07, 6.45) is 1.94. The molecule has 104 valence electrons. The number of hydrogen-bond acceptors (Lipinski definition) is 2. The van der Waals surface area contributed by atoms with Crippen LogP contribution in [-0.4, -0.2) is 42.4 Å². The summed E-state index contributed by atoms with van der Waals surface area (Å²) in [5.41, 5.74) is 0.907. The van der Waals surface area contributed by atoms with Crippen molar-refractivity contribution in [1.29, 1.82) is 0 Å². The lowest BCUT2D eigenvalue weighted by Gasteiger charge is -2.26. The van der Waals surface area contributed by atoms with Crippen LogP contribution in [0.1, 0.15) is 18.4 Å². The molecule has 0 aliphatic carbocycles. The molecule has 1 aliphatic heterocycles. The number of halogens is 2. The molecule has 0 radical (unpaired) electrons. The van der Waals surface area contributed by atoms with Gasteiger partial charge in [0.1, 0.15) is 0 Å². The van der Waals surface area contributed by atoms with Gasteiger partial charge in [-0.2, -0.15) is 0 Å². The molecule has 0 bridgehead atoms. The number of likely N-dealkylation sites (tertiary alicyclic amines) is 1. The Morgan fingerprint density at radius 1 is 1.37 bits per heavy atom. The van der Waals surface area contributed by atoms with Gasteiger partial charge >= 0.3 is 0 Å². The third-order valence-corrected chi connectivity index (χ3v) is 4.22. The fourth-order valence-electron chi connectivity index (χ4n) is 2.48. The minimum Gasteiger partial charge on any atom is -0.347 e. The SMILES string of the molecule is CN(C)C(=O)C1CCCN1Cc1c(Cl)cccc1Cl. The zero-order valence-electron chi connectivity index (χ0n) is 11.2. The molecule has 0 spiro atoms. The molecular formula is C14H18Cl2N2O. The molecule has 3 nitrogen and oxygen atoms in total. The van der Waals surface area contributed by atoms with Crippen LogP contribution < -0.4 is 0 Å². The predicted octanol–water partition coefficient (Wildman–Crippen LogP) is 3.05. The summed E-state index contributed by atoms with van der Waals surface area (Å²) in [5, 5.41) is 1.32. The first-order valence-electron chi connectivity index (χ1n) is 6.39. The maximum atomic E-state index is 12.1. The van der Waals surface area contributed by atoms with Crippen molar-refractivity contribution >= 4 is 29.1 Å². The molecule has 1 aliphatic rings. The molecule has 1 saturated heterocycles. The smallest absolute Gasteiger partial charge is 0.239 e. The number of likely N-dealkylation sites (N-methyl/N-ethyl adjacent to an activating group) is 1. The van der Waals surface area contributed by atoms with Crippen LogP contribution in [0.4, 0.5) is 0 Å². The first kappa shape index (κ1) is 14.6. The monoisotopic (exact) mass is 300 g/mol. The molecule has 1 atom stereocenters. The third-order valence-electron chi connectivity index (χ3n) is 3.51. The van der Waals surface area contributed by atoms with Gasteiger partial charge in [0.25, 0.3) is 0 Å². The fraction of sp³-hybridized carbons (Fsp3) is 0.500. The lowest BCUT2D eigenvalue weighted by atomic mass is 10.1. The maximum absolute atomic E-state index is 12.1. The number of carbonyl (C=O) groups excluding carboxylic acids is 1. The Bertz CT molecular complexity index is 456. The van der Waals surface area contributed by atoms with Crippen LogP contribution in [0.2, 0.25) is 10.0 Å².